The summed E-state index contributed by atoms with van der Waals surface area (Å²) in [7, 11) is 0. The molecule has 2 unspecified atom stereocenters. The Morgan fingerprint density at radius 1 is 1.38 bits per heavy atom. The Hall–Kier alpha value is -0.120. The van der Waals surface area contributed by atoms with Crippen molar-refractivity contribution >= 4 is 0 Å². The van der Waals surface area contributed by atoms with Gasteiger partial charge in [-0.05, 0) is 51.9 Å². The van der Waals surface area contributed by atoms with E-state index >= 15 is 0 Å². The minimum atomic E-state index is 0.610. The van der Waals surface area contributed by atoms with E-state index in [1.54, 1.807) is 0 Å². The lowest BCUT2D eigenvalue weighted by atomic mass is 10.0. The van der Waals surface area contributed by atoms with Gasteiger partial charge < -0.3 is 15.0 Å². The van der Waals surface area contributed by atoms with E-state index in [2.05, 4.69) is 31.0 Å². The van der Waals surface area contributed by atoms with Gasteiger partial charge in [-0.2, -0.15) is 0 Å². The third kappa shape index (κ3) is 4.81. The van der Waals surface area contributed by atoms with Crippen LogP contribution in [0.1, 0.15) is 33.6 Å². The molecule has 0 aliphatic carbocycles. The first kappa shape index (κ1) is 13.9. The smallest absolute Gasteiger partial charge is 0.0509 e. The van der Waals surface area contributed by atoms with Gasteiger partial charge in [0.15, 0.2) is 0 Å². The van der Waals surface area contributed by atoms with Gasteiger partial charge in [-0.1, -0.05) is 13.8 Å². The number of ether oxygens (including phenoxy) is 1. The number of nitrogens with one attached hydrogen (secondary N) is 1. The highest BCUT2D eigenvalue weighted by Crippen LogP contribution is 2.16. The fraction of sp³-hybridized carbons (Fsp3) is 1.00. The molecule has 1 heterocycles. The number of nitrogens with zero attached hydrogens (tertiary/aromatic N) is 1. The van der Waals surface area contributed by atoms with E-state index in [1.807, 2.05) is 0 Å². The van der Waals surface area contributed by atoms with E-state index < -0.39 is 0 Å². The fourth-order valence-corrected chi connectivity index (χ4v) is 2.29. The third-order valence-electron chi connectivity index (χ3n) is 3.68. The molecule has 1 saturated heterocycles. The maximum Gasteiger partial charge on any atom is 0.0509 e. The van der Waals surface area contributed by atoms with Crippen molar-refractivity contribution < 1.29 is 4.74 Å². The van der Waals surface area contributed by atoms with Gasteiger partial charge in [0, 0.05) is 12.6 Å². The molecule has 0 radical (unpaired) electrons. The Balaban J connectivity index is 2.01. The van der Waals surface area contributed by atoms with Gasteiger partial charge in [0.2, 0.25) is 0 Å². The first-order chi connectivity index (χ1) is 7.77. The summed E-state index contributed by atoms with van der Waals surface area (Å²) >= 11 is 0. The van der Waals surface area contributed by atoms with Crippen LogP contribution >= 0.6 is 0 Å². The van der Waals surface area contributed by atoms with Crippen molar-refractivity contribution in [3.05, 3.63) is 0 Å². The molecule has 16 heavy (non-hydrogen) atoms. The van der Waals surface area contributed by atoms with Gasteiger partial charge in [0.1, 0.15) is 0 Å². The lowest BCUT2D eigenvalue weighted by Gasteiger charge is -2.21. The van der Waals surface area contributed by atoms with Crippen molar-refractivity contribution in [2.45, 2.75) is 39.7 Å². The molecule has 3 nitrogen and oxygen atoms in total. The van der Waals surface area contributed by atoms with E-state index in [-0.39, 0.29) is 0 Å². The molecule has 0 aromatic rings. The molecule has 2 atom stereocenters. The number of hydrogen-bond acceptors (Lipinski definition) is 3. The fourth-order valence-electron chi connectivity index (χ4n) is 2.29. The predicted octanol–water partition coefficient (Wildman–Crippen LogP) is 1.73. The largest absolute Gasteiger partial charge is 0.381 e. The SMILES string of the molecule is CCN(CC)CCCNC(C)C1CCOC1. The summed E-state index contributed by atoms with van der Waals surface area (Å²) in [6.07, 6.45) is 2.48. The zero-order valence-electron chi connectivity index (χ0n) is 11.2. The van der Waals surface area contributed by atoms with Crippen LogP contribution in [-0.2, 0) is 4.74 Å². The molecule has 1 aliphatic rings. The minimum Gasteiger partial charge on any atom is -0.381 e. The van der Waals surface area contributed by atoms with Gasteiger partial charge in [0.25, 0.3) is 0 Å². The molecule has 1 aliphatic heterocycles. The van der Waals surface area contributed by atoms with Crippen LogP contribution in [0.4, 0.5) is 0 Å². The highest BCUT2D eigenvalue weighted by atomic mass is 16.5. The van der Waals surface area contributed by atoms with Crippen molar-refractivity contribution in [3.63, 3.8) is 0 Å². The molecule has 3 heteroatoms. The summed E-state index contributed by atoms with van der Waals surface area (Å²) in [5, 5.41) is 3.62. The maximum atomic E-state index is 5.41. The van der Waals surface area contributed by atoms with Crippen molar-refractivity contribution in [2.24, 2.45) is 5.92 Å². The topological polar surface area (TPSA) is 24.5 Å². The van der Waals surface area contributed by atoms with Gasteiger partial charge in [-0.3, -0.25) is 0 Å². The van der Waals surface area contributed by atoms with Crippen LogP contribution < -0.4 is 5.32 Å². The average molecular weight is 228 g/mol. The van der Waals surface area contributed by atoms with E-state index in [0.717, 1.165) is 25.7 Å². The molecule has 0 aromatic heterocycles. The summed E-state index contributed by atoms with van der Waals surface area (Å²) in [4.78, 5) is 2.48. The molecule has 96 valence electrons. The lowest BCUT2D eigenvalue weighted by Crippen LogP contribution is -2.36. The standard InChI is InChI=1S/C13H28N2O/c1-4-15(5-2)9-6-8-14-12(3)13-7-10-16-11-13/h12-14H,4-11H2,1-3H3. The molecule has 0 saturated carbocycles. The Morgan fingerprint density at radius 2 is 2.12 bits per heavy atom. The average Bonchev–Trinajstić information content (AvgIpc) is 2.82. The minimum absolute atomic E-state index is 0.610. The summed E-state index contributed by atoms with van der Waals surface area (Å²) in [6, 6.07) is 0.610. The highest BCUT2D eigenvalue weighted by molar-refractivity contribution is 4.75. The molecule has 1 rings (SSSR count). The summed E-state index contributed by atoms with van der Waals surface area (Å²) in [5.41, 5.74) is 0. The van der Waals surface area contributed by atoms with Crippen LogP contribution in [0.3, 0.4) is 0 Å². The van der Waals surface area contributed by atoms with E-state index in [4.69, 9.17) is 4.74 Å². The second kappa shape index (κ2) is 8.04. The van der Waals surface area contributed by atoms with Crippen LogP contribution in [-0.4, -0.2) is 50.3 Å². The van der Waals surface area contributed by atoms with Gasteiger partial charge in [-0.15, -0.1) is 0 Å². The quantitative estimate of drug-likeness (QED) is 0.640. The number of rotatable bonds is 8. The Bertz CT molecular complexity index is 165. The van der Waals surface area contributed by atoms with Crippen molar-refractivity contribution in [2.75, 3.05) is 39.4 Å². The second-order valence-electron chi connectivity index (χ2n) is 4.75. The first-order valence-corrected chi connectivity index (χ1v) is 6.81. The maximum absolute atomic E-state index is 5.41. The van der Waals surface area contributed by atoms with Crippen molar-refractivity contribution in [1.29, 1.82) is 0 Å². The van der Waals surface area contributed by atoms with Gasteiger partial charge in [0.05, 0.1) is 6.61 Å². The second-order valence-corrected chi connectivity index (χ2v) is 4.75. The molecule has 1 N–H and O–H groups in total. The van der Waals surface area contributed by atoms with Crippen LogP contribution in [0, 0.1) is 5.92 Å². The monoisotopic (exact) mass is 228 g/mol. The zero-order chi connectivity index (χ0) is 11.8. The van der Waals surface area contributed by atoms with Crippen LogP contribution in [0.2, 0.25) is 0 Å². The van der Waals surface area contributed by atoms with Crippen LogP contribution in [0.25, 0.3) is 0 Å². The van der Waals surface area contributed by atoms with Crippen LogP contribution in [0.15, 0.2) is 0 Å². The summed E-state index contributed by atoms with van der Waals surface area (Å²) in [5.74, 6) is 0.730. The molecule has 1 fully saturated rings. The number of hydrogen-bond donors (Lipinski definition) is 1. The molecule has 0 spiro atoms. The summed E-state index contributed by atoms with van der Waals surface area (Å²) in [6.45, 7) is 13.3. The highest BCUT2D eigenvalue weighted by Gasteiger charge is 2.21. The van der Waals surface area contributed by atoms with Gasteiger partial charge in [-0.25, -0.2) is 0 Å². The lowest BCUT2D eigenvalue weighted by molar-refractivity contribution is 0.178. The molecule has 0 aromatic carbocycles. The Labute approximate surface area is 101 Å². The molecule has 0 bridgehead atoms. The van der Waals surface area contributed by atoms with E-state index in [1.165, 1.54) is 32.5 Å². The van der Waals surface area contributed by atoms with Gasteiger partial charge >= 0.3 is 0 Å². The Kier molecular flexibility index (Phi) is 7.01. The Morgan fingerprint density at radius 3 is 2.69 bits per heavy atom. The predicted molar refractivity (Wildman–Crippen MR) is 68.8 cm³/mol. The van der Waals surface area contributed by atoms with Crippen LogP contribution in [0.5, 0.6) is 0 Å². The van der Waals surface area contributed by atoms with Crippen molar-refractivity contribution in [3.8, 4) is 0 Å². The third-order valence-corrected chi connectivity index (χ3v) is 3.68. The normalized spacial score (nSPS) is 22.9. The first-order valence-electron chi connectivity index (χ1n) is 6.81. The van der Waals surface area contributed by atoms with Crippen molar-refractivity contribution in [1.82, 2.24) is 10.2 Å². The molecular formula is C13H28N2O. The van der Waals surface area contributed by atoms with E-state index in [0.29, 0.717) is 6.04 Å². The summed E-state index contributed by atoms with van der Waals surface area (Å²) < 4.78 is 5.41. The molecule has 0 amide bonds. The molecular weight excluding hydrogens is 200 g/mol. The zero-order valence-corrected chi connectivity index (χ0v) is 11.2. The van der Waals surface area contributed by atoms with E-state index in [9.17, 15) is 0 Å².